The van der Waals surface area contributed by atoms with Crippen LogP contribution in [-0.4, -0.2) is 6.03 Å². The van der Waals surface area contributed by atoms with Crippen molar-refractivity contribution in [1.82, 2.24) is 0 Å². The Hall–Kier alpha value is -1.92. The van der Waals surface area contributed by atoms with Gasteiger partial charge in [0, 0.05) is 5.69 Å². The molecule has 0 radical (unpaired) electrons. The molecule has 2 amide bonds. The highest BCUT2D eigenvalue weighted by molar-refractivity contribution is 6.39. The standard InChI is InChI=1S/C14H9Cl2F3N2O/c15-10-2-1-3-11(16)12(10)21-13(22)20-9-6-4-8(5-7-9)14(17,18)19/h1-7H,(H2,20,21,22). The highest BCUT2D eigenvalue weighted by atomic mass is 35.5. The number of rotatable bonds is 2. The zero-order chi connectivity index (χ0) is 16.3. The number of nitrogens with one attached hydrogen (secondary N) is 2. The van der Waals surface area contributed by atoms with Crippen LogP contribution < -0.4 is 10.6 Å². The number of amides is 2. The lowest BCUT2D eigenvalue weighted by Gasteiger charge is -2.11. The number of carbonyl (C=O) groups is 1. The average molecular weight is 349 g/mol. The quantitative estimate of drug-likeness (QED) is 0.722. The molecule has 2 aromatic carbocycles. The van der Waals surface area contributed by atoms with Crippen LogP contribution in [0.1, 0.15) is 5.56 Å². The summed E-state index contributed by atoms with van der Waals surface area (Å²) in [6.07, 6.45) is -4.42. The van der Waals surface area contributed by atoms with Crippen LogP contribution in [0, 0.1) is 0 Å². The maximum atomic E-state index is 12.4. The van der Waals surface area contributed by atoms with Gasteiger partial charge in [-0.05, 0) is 36.4 Å². The van der Waals surface area contributed by atoms with Crippen molar-refractivity contribution in [3.05, 3.63) is 58.1 Å². The molecule has 2 N–H and O–H groups in total. The summed E-state index contributed by atoms with van der Waals surface area (Å²) in [5.41, 5.74) is -0.378. The van der Waals surface area contributed by atoms with Gasteiger partial charge in [-0.3, -0.25) is 0 Å². The molecule has 0 fully saturated rings. The molecule has 116 valence electrons. The maximum absolute atomic E-state index is 12.4. The number of anilines is 2. The van der Waals surface area contributed by atoms with Gasteiger partial charge in [0.2, 0.25) is 0 Å². The third kappa shape index (κ3) is 4.05. The zero-order valence-electron chi connectivity index (χ0n) is 10.8. The van der Waals surface area contributed by atoms with Crippen LogP contribution >= 0.6 is 23.2 Å². The number of hydrogen-bond acceptors (Lipinski definition) is 1. The molecule has 2 aromatic rings. The number of halogens is 5. The fraction of sp³-hybridized carbons (Fsp3) is 0.0714. The molecule has 8 heteroatoms. The van der Waals surface area contributed by atoms with Gasteiger partial charge in [-0.15, -0.1) is 0 Å². The predicted molar refractivity (Wildman–Crippen MR) is 80.5 cm³/mol. The normalized spacial score (nSPS) is 11.1. The first-order valence-corrected chi connectivity index (χ1v) is 6.72. The van der Waals surface area contributed by atoms with E-state index >= 15 is 0 Å². The Balaban J connectivity index is 2.06. The summed E-state index contributed by atoms with van der Waals surface area (Å²) in [6.45, 7) is 0. The lowest BCUT2D eigenvalue weighted by molar-refractivity contribution is -0.137. The number of carbonyl (C=O) groups excluding carboxylic acids is 1. The van der Waals surface area contributed by atoms with E-state index < -0.39 is 17.8 Å². The van der Waals surface area contributed by atoms with Crippen molar-refractivity contribution in [3.8, 4) is 0 Å². The van der Waals surface area contributed by atoms with Gasteiger partial charge in [0.15, 0.2) is 0 Å². The number of alkyl halides is 3. The van der Waals surface area contributed by atoms with Crippen molar-refractivity contribution in [2.24, 2.45) is 0 Å². The van der Waals surface area contributed by atoms with E-state index in [0.29, 0.717) is 0 Å². The second-order valence-electron chi connectivity index (χ2n) is 4.25. The molecule has 3 nitrogen and oxygen atoms in total. The molecule has 0 aliphatic carbocycles. The third-order valence-electron chi connectivity index (χ3n) is 2.67. The molecule has 0 aliphatic heterocycles. The summed E-state index contributed by atoms with van der Waals surface area (Å²) in [7, 11) is 0. The second kappa shape index (κ2) is 6.46. The average Bonchev–Trinajstić information content (AvgIpc) is 2.43. The number of hydrogen-bond donors (Lipinski definition) is 2. The van der Waals surface area contributed by atoms with E-state index in [1.54, 1.807) is 18.2 Å². The summed E-state index contributed by atoms with van der Waals surface area (Å²) in [5, 5.41) is 5.32. The Bertz CT molecular complexity index is 667. The van der Waals surface area contributed by atoms with Crippen LogP contribution in [0.3, 0.4) is 0 Å². The molecule has 0 unspecified atom stereocenters. The fourth-order valence-corrected chi connectivity index (χ4v) is 2.13. The molecular weight excluding hydrogens is 340 g/mol. The molecule has 0 saturated carbocycles. The van der Waals surface area contributed by atoms with Crippen molar-refractivity contribution >= 4 is 40.6 Å². The van der Waals surface area contributed by atoms with E-state index in [2.05, 4.69) is 10.6 Å². The highest BCUT2D eigenvalue weighted by Gasteiger charge is 2.29. The lowest BCUT2D eigenvalue weighted by atomic mass is 10.2. The first-order valence-electron chi connectivity index (χ1n) is 5.96. The largest absolute Gasteiger partial charge is 0.416 e. The van der Waals surface area contributed by atoms with Gasteiger partial charge in [-0.2, -0.15) is 13.2 Å². The number of para-hydroxylation sites is 1. The first kappa shape index (κ1) is 16.5. The topological polar surface area (TPSA) is 41.1 Å². The molecule has 0 saturated heterocycles. The molecule has 2 rings (SSSR count). The van der Waals surface area contributed by atoms with Crippen LogP contribution in [0.5, 0.6) is 0 Å². The zero-order valence-corrected chi connectivity index (χ0v) is 12.4. The van der Waals surface area contributed by atoms with Crippen molar-refractivity contribution in [2.75, 3.05) is 10.6 Å². The van der Waals surface area contributed by atoms with Crippen LogP contribution in [-0.2, 0) is 6.18 Å². The lowest BCUT2D eigenvalue weighted by Crippen LogP contribution is -2.20. The molecule has 0 aliphatic rings. The monoisotopic (exact) mass is 348 g/mol. The first-order chi connectivity index (χ1) is 10.3. The Kier molecular flexibility index (Phi) is 4.83. The van der Waals surface area contributed by atoms with E-state index in [4.69, 9.17) is 23.2 Å². The van der Waals surface area contributed by atoms with Crippen molar-refractivity contribution < 1.29 is 18.0 Å². The number of urea groups is 1. The Morgan fingerprint density at radius 1 is 0.909 bits per heavy atom. The third-order valence-corrected chi connectivity index (χ3v) is 3.30. The molecule has 0 heterocycles. The van der Waals surface area contributed by atoms with Gasteiger partial charge in [0.25, 0.3) is 0 Å². The van der Waals surface area contributed by atoms with Gasteiger partial charge >= 0.3 is 12.2 Å². The van der Waals surface area contributed by atoms with Crippen molar-refractivity contribution in [1.29, 1.82) is 0 Å². The van der Waals surface area contributed by atoms with Gasteiger partial charge in [0.1, 0.15) is 0 Å². The molecule has 22 heavy (non-hydrogen) atoms. The predicted octanol–water partition coefficient (Wildman–Crippen LogP) is 5.66. The second-order valence-corrected chi connectivity index (χ2v) is 5.07. The summed E-state index contributed by atoms with van der Waals surface area (Å²) >= 11 is 11.8. The number of benzene rings is 2. The van der Waals surface area contributed by atoms with E-state index in [9.17, 15) is 18.0 Å². The van der Waals surface area contributed by atoms with Crippen molar-refractivity contribution in [2.45, 2.75) is 6.18 Å². The Morgan fingerprint density at radius 3 is 1.95 bits per heavy atom. The van der Waals surface area contributed by atoms with E-state index in [1.807, 2.05) is 0 Å². The molecular formula is C14H9Cl2F3N2O. The molecule has 0 aromatic heterocycles. The molecule has 0 bridgehead atoms. The van der Waals surface area contributed by atoms with Gasteiger partial charge in [0.05, 0.1) is 21.3 Å². The van der Waals surface area contributed by atoms with E-state index in [0.717, 1.165) is 24.3 Å². The van der Waals surface area contributed by atoms with E-state index in [-0.39, 0.29) is 21.4 Å². The SMILES string of the molecule is O=C(Nc1ccc(C(F)(F)F)cc1)Nc1c(Cl)cccc1Cl. The summed E-state index contributed by atoms with van der Waals surface area (Å²) in [6, 6.07) is 8.07. The van der Waals surface area contributed by atoms with Gasteiger partial charge < -0.3 is 10.6 Å². The van der Waals surface area contributed by atoms with Crippen LogP contribution in [0.25, 0.3) is 0 Å². The van der Waals surface area contributed by atoms with Crippen LogP contribution in [0.15, 0.2) is 42.5 Å². The Labute approximate surface area is 134 Å². The molecule has 0 atom stereocenters. The summed E-state index contributed by atoms with van der Waals surface area (Å²) in [4.78, 5) is 11.8. The minimum atomic E-state index is -4.42. The van der Waals surface area contributed by atoms with Gasteiger partial charge in [-0.25, -0.2) is 4.79 Å². The van der Waals surface area contributed by atoms with Crippen LogP contribution in [0.2, 0.25) is 10.0 Å². The van der Waals surface area contributed by atoms with Crippen molar-refractivity contribution in [3.63, 3.8) is 0 Å². The minimum Gasteiger partial charge on any atom is -0.308 e. The summed E-state index contributed by atoms with van der Waals surface area (Å²) in [5.74, 6) is 0. The Morgan fingerprint density at radius 2 is 1.45 bits per heavy atom. The smallest absolute Gasteiger partial charge is 0.308 e. The van der Waals surface area contributed by atoms with E-state index in [1.165, 1.54) is 0 Å². The fourth-order valence-electron chi connectivity index (χ4n) is 1.64. The van der Waals surface area contributed by atoms with Gasteiger partial charge in [-0.1, -0.05) is 29.3 Å². The molecule has 0 spiro atoms. The maximum Gasteiger partial charge on any atom is 0.416 e. The minimum absolute atomic E-state index is 0.202. The summed E-state index contributed by atoms with van der Waals surface area (Å²) < 4.78 is 37.3. The van der Waals surface area contributed by atoms with Crippen LogP contribution in [0.4, 0.5) is 29.3 Å². The highest BCUT2D eigenvalue weighted by Crippen LogP contribution is 2.31.